The predicted molar refractivity (Wildman–Crippen MR) is 82.8 cm³/mol. The number of rotatable bonds is 10. The Hall–Kier alpha value is -1.27. The maximum atomic E-state index is 11.9. The number of nitrogens with one attached hydrogen (secondary N) is 2. The van der Waals surface area contributed by atoms with Gasteiger partial charge in [0.2, 0.25) is 10.0 Å². The average molecular weight is 300 g/mol. The van der Waals surface area contributed by atoms with Crippen LogP contribution in [0.4, 0.5) is 5.69 Å². The van der Waals surface area contributed by atoms with Crippen LogP contribution in [0.5, 0.6) is 5.75 Å². The molecule has 1 rings (SSSR count). The molecule has 6 heteroatoms. The van der Waals surface area contributed by atoms with Crippen LogP contribution in [0.1, 0.15) is 26.7 Å². The molecule has 0 spiro atoms. The summed E-state index contributed by atoms with van der Waals surface area (Å²) in [6, 6.07) is 6.98. The lowest BCUT2D eigenvalue weighted by Crippen LogP contribution is -2.22. The van der Waals surface area contributed by atoms with Crippen molar-refractivity contribution in [3.63, 3.8) is 0 Å². The van der Waals surface area contributed by atoms with Crippen molar-refractivity contribution in [2.75, 3.05) is 30.2 Å². The molecule has 0 unspecified atom stereocenters. The molecule has 0 aromatic heterocycles. The third kappa shape index (κ3) is 6.77. The van der Waals surface area contributed by atoms with Gasteiger partial charge in [-0.05, 0) is 45.0 Å². The summed E-state index contributed by atoms with van der Waals surface area (Å²) in [5, 5.41) is 3.19. The van der Waals surface area contributed by atoms with Gasteiger partial charge < -0.3 is 10.1 Å². The summed E-state index contributed by atoms with van der Waals surface area (Å²) in [7, 11) is -3.30. The SMILES string of the molecule is CCCNCCCS(=O)(=O)Nc1cccc(OCC)c1. The van der Waals surface area contributed by atoms with Crippen LogP contribution in [0.25, 0.3) is 0 Å². The monoisotopic (exact) mass is 300 g/mol. The van der Waals surface area contributed by atoms with Crippen LogP contribution in [0.15, 0.2) is 24.3 Å². The molecule has 0 aliphatic rings. The van der Waals surface area contributed by atoms with Crippen molar-refractivity contribution in [2.45, 2.75) is 26.7 Å². The minimum atomic E-state index is -3.30. The standard InChI is InChI=1S/C14H24N2O3S/c1-3-9-15-10-6-11-20(17,18)16-13-7-5-8-14(12-13)19-4-2/h5,7-8,12,15-16H,3-4,6,9-11H2,1-2H3. The largest absolute Gasteiger partial charge is 0.494 e. The molecule has 1 aromatic rings. The lowest BCUT2D eigenvalue weighted by atomic mass is 10.3. The van der Waals surface area contributed by atoms with E-state index >= 15 is 0 Å². The molecule has 0 atom stereocenters. The molecule has 20 heavy (non-hydrogen) atoms. The Bertz CT molecular complexity index is 489. The molecule has 0 amide bonds. The Labute approximate surface area is 121 Å². The second kappa shape index (κ2) is 8.81. The Morgan fingerprint density at radius 1 is 1.20 bits per heavy atom. The van der Waals surface area contributed by atoms with E-state index in [1.807, 2.05) is 6.92 Å². The summed E-state index contributed by atoms with van der Waals surface area (Å²) < 4.78 is 31.8. The molecule has 2 N–H and O–H groups in total. The van der Waals surface area contributed by atoms with Crippen LogP contribution in [-0.2, 0) is 10.0 Å². The third-order valence-corrected chi connectivity index (χ3v) is 3.98. The third-order valence-electron chi connectivity index (χ3n) is 2.61. The van der Waals surface area contributed by atoms with E-state index < -0.39 is 10.0 Å². The molecular weight excluding hydrogens is 276 g/mol. The van der Waals surface area contributed by atoms with Gasteiger partial charge in [-0.15, -0.1) is 0 Å². The summed E-state index contributed by atoms with van der Waals surface area (Å²) in [5.41, 5.74) is 0.539. The fraction of sp³-hybridized carbons (Fsp3) is 0.571. The van der Waals surface area contributed by atoms with Gasteiger partial charge in [0.1, 0.15) is 5.75 Å². The molecule has 114 valence electrons. The minimum Gasteiger partial charge on any atom is -0.494 e. The van der Waals surface area contributed by atoms with Crippen molar-refractivity contribution in [3.8, 4) is 5.75 Å². The van der Waals surface area contributed by atoms with Crippen LogP contribution in [-0.4, -0.2) is 33.9 Å². The van der Waals surface area contributed by atoms with Crippen molar-refractivity contribution < 1.29 is 13.2 Å². The lowest BCUT2D eigenvalue weighted by Gasteiger charge is -2.10. The van der Waals surface area contributed by atoms with Crippen LogP contribution < -0.4 is 14.8 Å². The molecular formula is C14H24N2O3S. The van der Waals surface area contributed by atoms with Gasteiger partial charge in [0, 0.05) is 6.07 Å². The highest BCUT2D eigenvalue weighted by molar-refractivity contribution is 7.92. The van der Waals surface area contributed by atoms with E-state index in [9.17, 15) is 8.42 Å². The summed E-state index contributed by atoms with van der Waals surface area (Å²) >= 11 is 0. The first kappa shape index (κ1) is 16.8. The second-order valence-corrected chi connectivity index (χ2v) is 6.33. The van der Waals surface area contributed by atoms with Crippen molar-refractivity contribution in [3.05, 3.63) is 24.3 Å². The molecule has 0 fully saturated rings. The molecule has 0 saturated heterocycles. The molecule has 5 nitrogen and oxygen atoms in total. The lowest BCUT2D eigenvalue weighted by molar-refractivity contribution is 0.340. The van der Waals surface area contributed by atoms with Gasteiger partial charge >= 0.3 is 0 Å². The Morgan fingerprint density at radius 3 is 2.70 bits per heavy atom. The minimum absolute atomic E-state index is 0.114. The zero-order valence-electron chi connectivity index (χ0n) is 12.2. The number of benzene rings is 1. The zero-order valence-corrected chi connectivity index (χ0v) is 13.0. The van der Waals surface area contributed by atoms with Crippen molar-refractivity contribution in [1.29, 1.82) is 0 Å². The molecule has 0 aliphatic heterocycles. The highest BCUT2D eigenvalue weighted by Crippen LogP contribution is 2.18. The zero-order chi connectivity index (χ0) is 14.8. The van der Waals surface area contributed by atoms with Gasteiger partial charge in [-0.3, -0.25) is 4.72 Å². The first-order valence-electron chi connectivity index (χ1n) is 7.01. The number of ether oxygens (including phenoxy) is 1. The van der Waals surface area contributed by atoms with Crippen molar-refractivity contribution in [2.24, 2.45) is 0 Å². The van der Waals surface area contributed by atoms with Crippen LogP contribution in [0.2, 0.25) is 0 Å². The van der Waals surface area contributed by atoms with Crippen LogP contribution in [0.3, 0.4) is 0 Å². The van der Waals surface area contributed by atoms with Gasteiger partial charge in [-0.1, -0.05) is 13.0 Å². The molecule has 0 saturated carbocycles. The van der Waals surface area contributed by atoms with Crippen molar-refractivity contribution >= 4 is 15.7 Å². The molecule has 0 aliphatic carbocycles. The molecule has 0 radical (unpaired) electrons. The highest BCUT2D eigenvalue weighted by Gasteiger charge is 2.10. The van der Waals surface area contributed by atoms with Crippen LogP contribution in [0, 0.1) is 0 Å². The first-order chi connectivity index (χ1) is 9.57. The number of sulfonamides is 1. The Morgan fingerprint density at radius 2 is 2.00 bits per heavy atom. The second-order valence-electron chi connectivity index (χ2n) is 4.49. The maximum absolute atomic E-state index is 11.9. The van der Waals surface area contributed by atoms with E-state index in [-0.39, 0.29) is 5.75 Å². The van der Waals surface area contributed by atoms with Gasteiger partial charge in [0.25, 0.3) is 0 Å². The fourth-order valence-corrected chi connectivity index (χ4v) is 2.85. The molecule has 0 heterocycles. The normalized spacial score (nSPS) is 11.3. The molecule has 1 aromatic carbocycles. The summed E-state index contributed by atoms with van der Waals surface area (Å²) in [4.78, 5) is 0. The number of hydrogen-bond acceptors (Lipinski definition) is 4. The number of anilines is 1. The van der Waals surface area contributed by atoms with E-state index in [1.165, 1.54) is 0 Å². The van der Waals surface area contributed by atoms with E-state index in [0.29, 0.717) is 31.0 Å². The Balaban J connectivity index is 2.47. The smallest absolute Gasteiger partial charge is 0.232 e. The summed E-state index contributed by atoms with van der Waals surface area (Å²) in [5.74, 6) is 0.778. The summed E-state index contributed by atoms with van der Waals surface area (Å²) in [6.45, 7) is 6.16. The maximum Gasteiger partial charge on any atom is 0.232 e. The van der Waals surface area contributed by atoms with Gasteiger partial charge in [0.05, 0.1) is 18.0 Å². The van der Waals surface area contributed by atoms with E-state index in [0.717, 1.165) is 13.0 Å². The topological polar surface area (TPSA) is 67.4 Å². The van der Waals surface area contributed by atoms with Gasteiger partial charge in [0.15, 0.2) is 0 Å². The van der Waals surface area contributed by atoms with Crippen LogP contribution >= 0.6 is 0 Å². The highest BCUT2D eigenvalue weighted by atomic mass is 32.2. The predicted octanol–water partition coefficient (Wildman–Crippen LogP) is 2.22. The molecule has 0 bridgehead atoms. The van der Waals surface area contributed by atoms with Gasteiger partial charge in [-0.2, -0.15) is 0 Å². The number of hydrogen-bond donors (Lipinski definition) is 2. The average Bonchev–Trinajstić information content (AvgIpc) is 2.38. The van der Waals surface area contributed by atoms with Crippen molar-refractivity contribution in [1.82, 2.24) is 5.32 Å². The first-order valence-corrected chi connectivity index (χ1v) is 8.66. The Kier molecular flexibility index (Phi) is 7.40. The van der Waals surface area contributed by atoms with E-state index in [1.54, 1.807) is 24.3 Å². The quantitative estimate of drug-likeness (QED) is 0.650. The summed E-state index contributed by atoms with van der Waals surface area (Å²) in [6.07, 6.45) is 1.65. The van der Waals surface area contributed by atoms with Gasteiger partial charge in [-0.25, -0.2) is 8.42 Å². The fourth-order valence-electron chi connectivity index (χ4n) is 1.74. The van der Waals surface area contributed by atoms with E-state index in [2.05, 4.69) is 17.0 Å². The van der Waals surface area contributed by atoms with E-state index in [4.69, 9.17) is 4.74 Å².